The maximum absolute atomic E-state index is 13.1. The summed E-state index contributed by atoms with van der Waals surface area (Å²) in [6.07, 6.45) is 7.82. The Morgan fingerprint density at radius 1 is 0.804 bits per heavy atom. The second kappa shape index (κ2) is 17.0. The lowest BCUT2D eigenvalue weighted by atomic mass is 10.0. The number of hydrogen-bond acceptors (Lipinski definition) is 3. The number of hydrogen-bond donors (Lipinski definition) is 0. The lowest BCUT2D eigenvalue weighted by Crippen LogP contribution is -2.29. The predicted octanol–water partition coefficient (Wildman–Crippen LogP) is 8.93. The molecule has 3 aromatic carbocycles. The highest BCUT2D eigenvalue weighted by Gasteiger charge is 2.22. The molecule has 6 heteroatoms. The smallest absolute Gasteiger partial charge is 0.222 e. The highest BCUT2D eigenvalue weighted by atomic mass is 16.5. The average Bonchev–Trinajstić information content (AvgIpc) is 3.34. The number of rotatable bonds is 17. The summed E-state index contributed by atoms with van der Waals surface area (Å²) in [6.45, 7) is 10.9. The number of benzene rings is 3. The predicted molar refractivity (Wildman–Crippen MR) is 190 cm³/mol. The van der Waals surface area contributed by atoms with Crippen molar-refractivity contribution < 1.29 is 14.3 Å². The van der Waals surface area contributed by atoms with Crippen LogP contribution in [0, 0.1) is 13.8 Å². The van der Waals surface area contributed by atoms with Crippen molar-refractivity contribution in [1.82, 2.24) is 14.4 Å². The number of ether oxygens (including phenoxy) is 1. The Balaban J connectivity index is 1.54. The first-order valence-electron chi connectivity index (χ1n) is 17.0. The first kappa shape index (κ1) is 34.8. The molecule has 0 fully saturated rings. The fraction of sp³-hybridized carbons (Fsp3) is 0.450. The van der Waals surface area contributed by atoms with Crippen LogP contribution in [0.3, 0.4) is 0 Å². The minimum absolute atomic E-state index is 0.0912. The van der Waals surface area contributed by atoms with E-state index in [1.807, 2.05) is 29.0 Å². The molecule has 4 aromatic rings. The Morgan fingerprint density at radius 2 is 1.48 bits per heavy atom. The lowest BCUT2D eigenvalue weighted by Gasteiger charge is -2.22. The molecule has 0 saturated carbocycles. The number of carbonyl (C=O) groups is 2. The molecule has 4 rings (SSSR count). The summed E-state index contributed by atoms with van der Waals surface area (Å²) in [5.74, 6) is 1.16. The van der Waals surface area contributed by atoms with Crippen molar-refractivity contribution in [2.45, 2.75) is 92.2 Å². The second-order valence-corrected chi connectivity index (χ2v) is 12.8. The largest absolute Gasteiger partial charge is 0.497 e. The number of aryl methyl sites for hydroxylation is 2. The van der Waals surface area contributed by atoms with E-state index in [9.17, 15) is 9.59 Å². The molecule has 0 aliphatic carbocycles. The quantitative estimate of drug-likeness (QED) is 0.110. The van der Waals surface area contributed by atoms with Crippen LogP contribution in [0.15, 0.2) is 66.7 Å². The molecule has 0 N–H and O–H groups in total. The molecule has 1 heterocycles. The molecule has 2 amide bonds. The molecule has 0 aliphatic heterocycles. The van der Waals surface area contributed by atoms with Gasteiger partial charge in [-0.05, 0) is 80.6 Å². The van der Waals surface area contributed by atoms with Crippen LogP contribution in [0.25, 0.3) is 22.2 Å². The van der Waals surface area contributed by atoms with Crippen molar-refractivity contribution in [3.63, 3.8) is 0 Å². The SMILES string of the molecule is CCCCN(C)C(=O)CCCCCCCN(Cc1c(-c2ccc(OC)cc2)n(Cc2ccc(C)cc2)c2ccc(C)cc12)C(C)=O. The van der Waals surface area contributed by atoms with Gasteiger partial charge in [0.15, 0.2) is 0 Å². The maximum Gasteiger partial charge on any atom is 0.222 e. The van der Waals surface area contributed by atoms with E-state index >= 15 is 0 Å². The molecule has 0 bridgehead atoms. The minimum Gasteiger partial charge on any atom is -0.497 e. The van der Waals surface area contributed by atoms with Gasteiger partial charge >= 0.3 is 0 Å². The van der Waals surface area contributed by atoms with Gasteiger partial charge in [-0.15, -0.1) is 0 Å². The van der Waals surface area contributed by atoms with Crippen molar-refractivity contribution in [1.29, 1.82) is 0 Å². The normalized spacial score (nSPS) is 11.2. The van der Waals surface area contributed by atoms with Crippen molar-refractivity contribution in [3.05, 3.63) is 89.0 Å². The van der Waals surface area contributed by atoms with Gasteiger partial charge in [0.2, 0.25) is 11.8 Å². The second-order valence-electron chi connectivity index (χ2n) is 12.8. The standard InChI is InChI=1S/C40H53N3O3/c1-7-8-25-41(5)39(45)14-12-10-9-11-13-26-42(32(4)44)29-37-36-27-31(3)17-24-38(36)43(28-33-18-15-30(2)16-19-33)40(37)34-20-22-35(46-6)23-21-34/h15-24,27H,7-14,25-26,28-29H2,1-6H3. The molecule has 0 aliphatic rings. The summed E-state index contributed by atoms with van der Waals surface area (Å²) in [5.41, 5.74) is 8.28. The third-order valence-corrected chi connectivity index (χ3v) is 9.03. The van der Waals surface area contributed by atoms with Gasteiger partial charge in [0, 0.05) is 63.0 Å². The lowest BCUT2D eigenvalue weighted by molar-refractivity contribution is -0.130. The average molecular weight is 624 g/mol. The monoisotopic (exact) mass is 623 g/mol. The summed E-state index contributed by atoms with van der Waals surface area (Å²) < 4.78 is 7.89. The highest BCUT2D eigenvalue weighted by Crippen LogP contribution is 2.37. The Kier molecular flexibility index (Phi) is 12.9. The maximum atomic E-state index is 13.1. The van der Waals surface area contributed by atoms with Crippen molar-refractivity contribution >= 4 is 22.7 Å². The minimum atomic E-state index is 0.0912. The van der Waals surface area contributed by atoms with Gasteiger partial charge in [0.25, 0.3) is 0 Å². The molecule has 46 heavy (non-hydrogen) atoms. The van der Waals surface area contributed by atoms with Crippen LogP contribution in [-0.2, 0) is 22.7 Å². The summed E-state index contributed by atoms with van der Waals surface area (Å²) in [7, 11) is 3.60. The number of unbranched alkanes of at least 4 members (excludes halogenated alkanes) is 5. The van der Waals surface area contributed by atoms with E-state index in [1.165, 1.54) is 33.2 Å². The molecule has 0 unspecified atom stereocenters. The Bertz CT molecular complexity index is 1570. The summed E-state index contributed by atoms with van der Waals surface area (Å²) in [6, 6.07) is 23.7. The van der Waals surface area contributed by atoms with Gasteiger partial charge < -0.3 is 19.1 Å². The molecule has 0 atom stereocenters. The van der Waals surface area contributed by atoms with E-state index in [0.29, 0.717) is 19.5 Å². The molecule has 6 nitrogen and oxygen atoms in total. The zero-order valence-electron chi connectivity index (χ0n) is 28.9. The van der Waals surface area contributed by atoms with Crippen LogP contribution < -0.4 is 4.74 Å². The van der Waals surface area contributed by atoms with Crippen LogP contribution in [0.4, 0.5) is 0 Å². The Labute approximate surface area is 276 Å². The number of methoxy groups -OCH3 is 1. The Morgan fingerprint density at radius 3 is 2.15 bits per heavy atom. The van der Waals surface area contributed by atoms with Crippen molar-refractivity contribution in [3.8, 4) is 17.0 Å². The van der Waals surface area contributed by atoms with E-state index in [2.05, 4.69) is 79.9 Å². The zero-order valence-corrected chi connectivity index (χ0v) is 28.9. The third kappa shape index (κ3) is 9.24. The number of aromatic nitrogens is 1. The van der Waals surface area contributed by atoms with E-state index in [1.54, 1.807) is 14.0 Å². The van der Waals surface area contributed by atoms with E-state index in [-0.39, 0.29) is 11.8 Å². The molecular weight excluding hydrogens is 570 g/mol. The van der Waals surface area contributed by atoms with E-state index in [0.717, 1.165) is 75.0 Å². The number of nitrogens with zero attached hydrogens (tertiary/aromatic N) is 3. The molecule has 0 radical (unpaired) electrons. The summed E-state index contributed by atoms with van der Waals surface area (Å²) in [4.78, 5) is 29.3. The molecule has 0 saturated heterocycles. The van der Waals surface area contributed by atoms with Crippen molar-refractivity contribution in [2.75, 3.05) is 27.2 Å². The van der Waals surface area contributed by atoms with Gasteiger partial charge in [-0.2, -0.15) is 0 Å². The summed E-state index contributed by atoms with van der Waals surface area (Å²) in [5, 5.41) is 1.19. The highest BCUT2D eigenvalue weighted by molar-refractivity contribution is 5.93. The molecule has 1 aromatic heterocycles. The third-order valence-electron chi connectivity index (χ3n) is 9.03. The zero-order chi connectivity index (χ0) is 33.1. The molecule has 246 valence electrons. The van der Waals surface area contributed by atoms with Gasteiger partial charge in [0.1, 0.15) is 5.75 Å². The fourth-order valence-corrected chi connectivity index (χ4v) is 6.18. The van der Waals surface area contributed by atoms with Crippen LogP contribution in [0.1, 0.15) is 87.5 Å². The molecular formula is C40H53N3O3. The topological polar surface area (TPSA) is 54.8 Å². The first-order chi connectivity index (χ1) is 22.2. The van der Waals surface area contributed by atoms with E-state index < -0.39 is 0 Å². The van der Waals surface area contributed by atoms with Crippen LogP contribution in [0.2, 0.25) is 0 Å². The van der Waals surface area contributed by atoms with Crippen LogP contribution in [-0.4, -0.2) is 53.4 Å². The van der Waals surface area contributed by atoms with E-state index in [4.69, 9.17) is 4.74 Å². The Hall–Kier alpha value is -4.06. The molecule has 0 spiro atoms. The van der Waals surface area contributed by atoms with Gasteiger partial charge in [-0.3, -0.25) is 9.59 Å². The first-order valence-corrected chi connectivity index (χ1v) is 17.0. The van der Waals surface area contributed by atoms with Crippen LogP contribution in [0.5, 0.6) is 5.75 Å². The van der Waals surface area contributed by atoms with Crippen LogP contribution >= 0.6 is 0 Å². The number of amides is 2. The van der Waals surface area contributed by atoms with Gasteiger partial charge in [0.05, 0.1) is 12.8 Å². The van der Waals surface area contributed by atoms with Crippen molar-refractivity contribution in [2.24, 2.45) is 0 Å². The van der Waals surface area contributed by atoms with Gasteiger partial charge in [-0.1, -0.05) is 74.1 Å². The van der Waals surface area contributed by atoms with Gasteiger partial charge in [-0.25, -0.2) is 0 Å². The summed E-state index contributed by atoms with van der Waals surface area (Å²) >= 11 is 0. The number of carbonyl (C=O) groups excluding carboxylic acids is 2. The number of fused-ring (bicyclic) bond motifs is 1. The fourth-order valence-electron chi connectivity index (χ4n) is 6.18.